The third kappa shape index (κ3) is 4.05. The zero-order valence-electron chi connectivity index (χ0n) is 18.9. The second kappa shape index (κ2) is 9.21. The van der Waals surface area contributed by atoms with Gasteiger partial charge in [-0.15, -0.1) is 0 Å². The third-order valence-corrected chi connectivity index (χ3v) is 6.25. The number of hydrazine groups is 1. The van der Waals surface area contributed by atoms with Crippen molar-refractivity contribution in [3.63, 3.8) is 0 Å². The highest BCUT2D eigenvalue weighted by molar-refractivity contribution is 5.95. The number of ether oxygens (including phenoxy) is 4. The van der Waals surface area contributed by atoms with Crippen LogP contribution in [0.1, 0.15) is 23.6 Å². The van der Waals surface area contributed by atoms with Crippen LogP contribution in [-0.4, -0.2) is 53.1 Å². The van der Waals surface area contributed by atoms with Gasteiger partial charge in [-0.1, -0.05) is 12.1 Å². The Balaban J connectivity index is 1.56. The van der Waals surface area contributed by atoms with Gasteiger partial charge in [0.05, 0.1) is 45.3 Å². The minimum absolute atomic E-state index is 0.201. The van der Waals surface area contributed by atoms with Crippen molar-refractivity contribution in [3.8, 4) is 17.2 Å². The SMILES string of the molecule is COc1cc(OC)c2c(c1)OCCC1=C2NC(NN)=NC1c1ccc(N2CCOCC2)cc1. The molecule has 2 aromatic carbocycles. The highest BCUT2D eigenvalue weighted by Gasteiger charge is 2.32. The fourth-order valence-corrected chi connectivity index (χ4v) is 4.57. The van der Waals surface area contributed by atoms with E-state index in [2.05, 4.69) is 39.9 Å². The zero-order valence-corrected chi connectivity index (χ0v) is 18.9. The summed E-state index contributed by atoms with van der Waals surface area (Å²) < 4.78 is 22.7. The smallest absolute Gasteiger partial charge is 0.211 e. The minimum Gasteiger partial charge on any atom is -0.496 e. The Labute approximate surface area is 193 Å². The van der Waals surface area contributed by atoms with Gasteiger partial charge in [0, 0.05) is 37.3 Å². The van der Waals surface area contributed by atoms with Crippen molar-refractivity contribution in [2.75, 3.05) is 52.0 Å². The van der Waals surface area contributed by atoms with E-state index in [1.807, 2.05) is 12.1 Å². The Hall–Kier alpha value is -3.43. The lowest BCUT2D eigenvalue weighted by Gasteiger charge is -2.30. The number of methoxy groups -OCH3 is 2. The van der Waals surface area contributed by atoms with E-state index in [0.717, 1.165) is 48.7 Å². The third-order valence-electron chi connectivity index (χ3n) is 6.25. The van der Waals surface area contributed by atoms with Gasteiger partial charge in [-0.2, -0.15) is 0 Å². The van der Waals surface area contributed by atoms with Crippen LogP contribution in [0.3, 0.4) is 0 Å². The van der Waals surface area contributed by atoms with Crippen molar-refractivity contribution in [3.05, 3.63) is 53.1 Å². The zero-order chi connectivity index (χ0) is 22.8. The molecule has 0 bridgehead atoms. The maximum atomic E-state index is 6.11. The van der Waals surface area contributed by atoms with Crippen LogP contribution in [0.5, 0.6) is 17.2 Å². The fraction of sp³-hybridized carbons (Fsp3) is 0.375. The van der Waals surface area contributed by atoms with Gasteiger partial charge in [0.1, 0.15) is 23.3 Å². The van der Waals surface area contributed by atoms with Crippen LogP contribution in [0.4, 0.5) is 5.69 Å². The summed E-state index contributed by atoms with van der Waals surface area (Å²) in [5.41, 5.74) is 7.82. The number of nitrogens with zero attached hydrogens (tertiary/aromatic N) is 2. The number of nitrogens with two attached hydrogens (primary N) is 1. The fourth-order valence-electron chi connectivity index (χ4n) is 4.57. The van der Waals surface area contributed by atoms with Gasteiger partial charge >= 0.3 is 0 Å². The normalized spacial score (nSPS) is 19.9. The van der Waals surface area contributed by atoms with E-state index in [1.54, 1.807) is 14.2 Å². The molecule has 0 saturated carbocycles. The Morgan fingerprint density at radius 1 is 1.09 bits per heavy atom. The van der Waals surface area contributed by atoms with Crippen molar-refractivity contribution < 1.29 is 18.9 Å². The lowest BCUT2D eigenvalue weighted by molar-refractivity contribution is 0.122. The van der Waals surface area contributed by atoms with Gasteiger partial charge < -0.3 is 29.2 Å². The number of fused-ring (bicyclic) bond motifs is 2. The number of rotatable bonds is 4. The summed E-state index contributed by atoms with van der Waals surface area (Å²) in [4.78, 5) is 7.20. The molecule has 3 aliphatic rings. The average Bonchev–Trinajstić information content (AvgIpc) is 3.07. The molecule has 2 aromatic rings. The molecule has 0 aromatic heterocycles. The molecule has 1 saturated heterocycles. The Morgan fingerprint density at radius 2 is 1.88 bits per heavy atom. The molecule has 3 heterocycles. The molecule has 4 N–H and O–H groups in total. The Kier molecular flexibility index (Phi) is 5.97. The average molecular weight is 452 g/mol. The minimum atomic E-state index is -0.201. The second-order valence-electron chi connectivity index (χ2n) is 8.04. The predicted octanol–water partition coefficient (Wildman–Crippen LogP) is 2.20. The monoisotopic (exact) mass is 451 g/mol. The maximum Gasteiger partial charge on any atom is 0.211 e. The van der Waals surface area contributed by atoms with E-state index in [-0.39, 0.29) is 6.04 Å². The number of nitrogens with one attached hydrogen (secondary N) is 2. The summed E-state index contributed by atoms with van der Waals surface area (Å²) >= 11 is 0. The van der Waals surface area contributed by atoms with Crippen LogP contribution in [0.15, 0.2) is 47.0 Å². The van der Waals surface area contributed by atoms with Gasteiger partial charge in [0.15, 0.2) is 0 Å². The first kappa shape index (κ1) is 21.4. The molecule has 1 atom stereocenters. The maximum absolute atomic E-state index is 6.11. The molecule has 0 radical (unpaired) electrons. The van der Waals surface area contributed by atoms with Gasteiger partial charge in [-0.25, -0.2) is 10.8 Å². The number of morpholine rings is 1. The summed E-state index contributed by atoms with van der Waals surface area (Å²) in [5, 5.41) is 3.35. The van der Waals surface area contributed by atoms with Gasteiger partial charge in [0.25, 0.3) is 0 Å². The number of anilines is 1. The van der Waals surface area contributed by atoms with Crippen molar-refractivity contribution in [2.24, 2.45) is 10.8 Å². The topological polar surface area (TPSA) is 103 Å². The van der Waals surface area contributed by atoms with Crippen LogP contribution in [0, 0.1) is 0 Å². The lowest BCUT2D eigenvalue weighted by Crippen LogP contribution is -2.43. The molecule has 174 valence electrons. The van der Waals surface area contributed by atoms with Crippen LogP contribution >= 0.6 is 0 Å². The Morgan fingerprint density at radius 3 is 2.58 bits per heavy atom. The molecule has 33 heavy (non-hydrogen) atoms. The first-order valence-corrected chi connectivity index (χ1v) is 11.1. The molecule has 9 nitrogen and oxygen atoms in total. The molecular formula is C24H29N5O4. The summed E-state index contributed by atoms with van der Waals surface area (Å²) in [5.74, 6) is 8.31. The van der Waals surface area contributed by atoms with Gasteiger partial charge in [-0.05, 0) is 23.3 Å². The van der Waals surface area contributed by atoms with E-state index < -0.39 is 0 Å². The van der Waals surface area contributed by atoms with Crippen LogP contribution in [-0.2, 0) is 4.74 Å². The van der Waals surface area contributed by atoms with Gasteiger partial charge in [-0.3, -0.25) is 5.43 Å². The summed E-state index contributed by atoms with van der Waals surface area (Å²) in [6.45, 7) is 3.84. The van der Waals surface area contributed by atoms with E-state index in [9.17, 15) is 0 Å². The predicted molar refractivity (Wildman–Crippen MR) is 127 cm³/mol. The second-order valence-corrected chi connectivity index (χ2v) is 8.04. The number of hydrogen-bond donors (Lipinski definition) is 3. The van der Waals surface area contributed by atoms with Crippen LogP contribution in [0.25, 0.3) is 5.70 Å². The number of hydrogen-bond acceptors (Lipinski definition) is 9. The molecule has 0 spiro atoms. The molecular weight excluding hydrogens is 422 g/mol. The first-order valence-electron chi connectivity index (χ1n) is 11.1. The highest BCUT2D eigenvalue weighted by atomic mass is 16.5. The lowest BCUT2D eigenvalue weighted by atomic mass is 9.91. The molecule has 3 aliphatic heterocycles. The van der Waals surface area contributed by atoms with E-state index in [1.165, 1.54) is 5.69 Å². The van der Waals surface area contributed by atoms with Crippen LogP contribution in [0.2, 0.25) is 0 Å². The van der Waals surface area contributed by atoms with E-state index in [4.69, 9.17) is 29.8 Å². The first-order chi connectivity index (χ1) is 16.2. The molecule has 0 aliphatic carbocycles. The van der Waals surface area contributed by atoms with Crippen molar-refractivity contribution >= 4 is 17.3 Å². The summed E-state index contributed by atoms with van der Waals surface area (Å²) in [6.07, 6.45) is 0.708. The van der Waals surface area contributed by atoms with Crippen molar-refractivity contribution in [2.45, 2.75) is 12.5 Å². The van der Waals surface area contributed by atoms with Crippen LogP contribution < -0.4 is 35.7 Å². The van der Waals surface area contributed by atoms with E-state index in [0.29, 0.717) is 36.2 Å². The quantitative estimate of drug-likeness (QED) is 0.480. The number of guanidine groups is 1. The molecule has 5 rings (SSSR count). The molecule has 1 fully saturated rings. The number of aliphatic imine (C=N–C) groups is 1. The highest BCUT2D eigenvalue weighted by Crippen LogP contribution is 2.45. The Bertz CT molecular complexity index is 1080. The number of benzene rings is 2. The molecule has 9 heteroatoms. The van der Waals surface area contributed by atoms with E-state index >= 15 is 0 Å². The van der Waals surface area contributed by atoms with Gasteiger partial charge in [0.2, 0.25) is 5.96 Å². The van der Waals surface area contributed by atoms with Crippen molar-refractivity contribution in [1.82, 2.24) is 10.7 Å². The standard InChI is InChI=1S/C24H29N5O4/c1-30-17-13-19(31-2)21-20(14-17)33-10-7-18-22(26-24(28-25)27-23(18)21)15-3-5-16(6-4-15)29-8-11-32-12-9-29/h3-6,13-14,22H,7-12,25H2,1-2H3,(H2,26,27,28). The largest absolute Gasteiger partial charge is 0.496 e. The molecule has 0 amide bonds. The van der Waals surface area contributed by atoms with Crippen molar-refractivity contribution in [1.29, 1.82) is 0 Å². The molecule has 1 unspecified atom stereocenters. The summed E-state index contributed by atoms with van der Waals surface area (Å²) in [7, 11) is 3.27. The summed E-state index contributed by atoms with van der Waals surface area (Å²) in [6, 6.07) is 12.1.